The van der Waals surface area contributed by atoms with E-state index < -0.39 is 17.7 Å². The van der Waals surface area contributed by atoms with Crippen LogP contribution in [0.3, 0.4) is 0 Å². The minimum absolute atomic E-state index is 0.0202. The molecule has 1 N–H and O–H groups in total. The molecule has 0 aromatic heterocycles. The summed E-state index contributed by atoms with van der Waals surface area (Å²) in [5.74, 6) is -0.949. The first-order valence-corrected chi connectivity index (χ1v) is 6.07. The highest BCUT2D eigenvalue weighted by Gasteiger charge is 2.30. The van der Waals surface area contributed by atoms with Gasteiger partial charge in [0.2, 0.25) is 0 Å². The fourth-order valence-electron chi connectivity index (χ4n) is 1.63. The van der Waals surface area contributed by atoms with Crippen molar-refractivity contribution >= 4 is 12.2 Å². The third kappa shape index (κ3) is 4.08. The number of oxime groups is 1. The van der Waals surface area contributed by atoms with Gasteiger partial charge in [0.25, 0.3) is 0 Å². The Morgan fingerprint density at radius 3 is 2.55 bits per heavy atom. The number of carbonyl (C=O) groups is 1. The number of nitrogens with zero attached hydrogens (tertiary/aromatic N) is 1. The highest BCUT2D eigenvalue weighted by atomic mass is 19.4. The summed E-state index contributed by atoms with van der Waals surface area (Å²) in [6.07, 6.45) is -3.32. The molecular formula is C15H10F3NO3. The van der Waals surface area contributed by atoms with Crippen molar-refractivity contribution in [1.29, 1.82) is 0 Å². The Morgan fingerprint density at radius 1 is 1.14 bits per heavy atom. The lowest BCUT2D eigenvalue weighted by Gasteiger charge is -2.06. The molecular weight excluding hydrogens is 299 g/mol. The number of carboxylic acid groups (broad SMARTS) is 1. The number of hydrogen-bond donors (Lipinski definition) is 1. The normalized spacial score (nSPS) is 11.6. The number of alkyl halides is 3. The molecule has 0 atom stereocenters. The summed E-state index contributed by atoms with van der Waals surface area (Å²) in [5, 5.41) is 12.4. The highest BCUT2D eigenvalue weighted by Crippen LogP contribution is 2.29. The van der Waals surface area contributed by atoms with E-state index >= 15 is 0 Å². The zero-order chi connectivity index (χ0) is 16.2. The van der Waals surface area contributed by atoms with Crippen molar-refractivity contribution in [2.24, 2.45) is 5.16 Å². The Morgan fingerprint density at radius 2 is 1.86 bits per heavy atom. The van der Waals surface area contributed by atoms with Gasteiger partial charge in [-0.05, 0) is 35.9 Å². The topological polar surface area (TPSA) is 58.9 Å². The van der Waals surface area contributed by atoms with E-state index in [-0.39, 0.29) is 16.9 Å². The molecule has 0 spiro atoms. The van der Waals surface area contributed by atoms with E-state index in [0.29, 0.717) is 0 Å². The van der Waals surface area contributed by atoms with E-state index in [1.807, 2.05) is 0 Å². The minimum Gasteiger partial charge on any atom is -0.478 e. The van der Waals surface area contributed by atoms with Gasteiger partial charge in [0.15, 0.2) is 5.75 Å². The van der Waals surface area contributed by atoms with E-state index in [9.17, 15) is 18.0 Å². The molecule has 0 saturated carbocycles. The smallest absolute Gasteiger partial charge is 0.416 e. The molecule has 0 amide bonds. The summed E-state index contributed by atoms with van der Waals surface area (Å²) in [6.45, 7) is 0. The van der Waals surface area contributed by atoms with Gasteiger partial charge in [0, 0.05) is 0 Å². The number of halogens is 3. The summed E-state index contributed by atoms with van der Waals surface area (Å²) in [6, 6.07) is 10.2. The molecule has 7 heteroatoms. The minimum atomic E-state index is -4.43. The van der Waals surface area contributed by atoms with Crippen molar-refractivity contribution in [1.82, 2.24) is 0 Å². The maximum atomic E-state index is 12.5. The third-order valence-corrected chi connectivity index (χ3v) is 2.65. The second-order valence-corrected chi connectivity index (χ2v) is 4.28. The first-order chi connectivity index (χ1) is 10.4. The summed E-state index contributed by atoms with van der Waals surface area (Å²) in [5.41, 5.74) is -0.555. The molecule has 0 bridgehead atoms. The van der Waals surface area contributed by atoms with Crippen molar-refractivity contribution in [2.45, 2.75) is 6.18 Å². The molecule has 0 aliphatic rings. The molecule has 2 aromatic rings. The fraction of sp³-hybridized carbons (Fsp3) is 0.0667. The summed E-state index contributed by atoms with van der Waals surface area (Å²) >= 11 is 0. The summed E-state index contributed by atoms with van der Waals surface area (Å²) < 4.78 is 37.6. The van der Waals surface area contributed by atoms with Crippen LogP contribution in [0.5, 0.6) is 5.75 Å². The van der Waals surface area contributed by atoms with Gasteiger partial charge in [-0.15, -0.1) is 0 Å². The average molecular weight is 309 g/mol. The predicted octanol–water partition coefficient (Wildman–Crippen LogP) is 3.82. The fourth-order valence-corrected chi connectivity index (χ4v) is 1.63. The van der Waals surface area contributed by atoms with Gasteiger partial charge in [0.1, 0.15) is 0 Å². The molecule has 0 heterocycles. The Bertz CT molecular complexity index is 711. The number of carboxylic acids is 1. The van der Waals surface area contributed by atoms with E-state index in [1.165, 1.54) is 36.4 Å². The van der Waals surface area contributed by atoms with E-state index in [4.69, 9.17) is 9.94 Å². The van der Waals surface area contributed by atoms with E-state index in [1.54, 1.807) is 0 Å². The lowest BCUT2D eigenvalue weighted by Crippen LogP contribution is -2.05. The van der Waals surface area contributed by atoms with Crippen LogP contribution in [0, 0.1) is 0 Å². The number of aromatic carboxylic acids is 1. The maximum Gasteiger partial charge on any atom is 0.416 e. The molecule has 0 aliphatic carbocycles. The Balaban J connectivity index is 2.10. The Labute approximate surface area is 123 Å². The van der Waals surface area contributed by atoms with Gasteiger partial charge in [-0.3, -0.25) is 0 Å². The standard InChI is InChI=1S/C15H10F3NO3/c16-15(17,18)12-5-1-3-10(7-12)9-19-22-13-6-2-4-11(8-13)14(20)21/h1-9H,(H,20,21)/b19-9+. The highest BCUT2D eigenvalue weighted by molar-refractivity contribution is 5.88. The van der Waals surface area contributed by atoms with E-state index in [2.05, 4.69) is 5.16 Å². The van der Waals surface area contributed by atoms with Gasteiger partial charge in [0.05, 0.1) is 17.3 Å². The number of rotatable bonds is 4. The van der Waals surface area contributed by atoms with Gasteiger partial charge >= 0.3 is 12.1 Å². The monoisotopic (exact) mass is 309 g/mol. The largest absolute Gasteiger partial charge is 0.478 e. The molecule has 0 saturated heterocycles. The maximum absolute atomic E-state index is 12.5. The second-order valence-electron chi connectivity index (χ2n) is 4.28. The zero-order valence-electron chi connectivity index (χ0n) is 11.0. The summed E-state index contributed by atoms with van der Waals surface area (Å²) in [7, 11) is 0. The second kappa shape index (κ2) is 6.30. The quantitative estimate of drug-likeness (QED) is 0.690. The lowest BCUT2D eigenvalue weighted by molar-refractivity contribution is -0.137. The number of hydrogen-bond acceptors (Lipinski definition) is 3. The van der Waals surface area contributed by atoms with Crippen LogP contribution in [0.25, 0.3) is 0 Å². The average Bonchev–Trinajstić information content (AvgIpc) is 2.47. The first-order valence-electron chi connectivity index (χ1n) is 6.07. The van der Waals surface area contributed by atoms with Crippen molar-refractivity contribution in [3.8, 4) is 5.75 Å². The van der Waals surface area contributed by atoms with Crippen molar-refractivity contribution in [3.63, 3.8) is 0 Å². The Kier molecular flexibility index (Phi) is 4.45. The molecule has 0 radical (unpaired) electrons. The van der Waals surface area contributed by atoms with Crippen molar-refractivity contribution < 1.29 is 27.9 Å². The van der Waals surface area contributed by atoms with Crippen LogP contribution in [0.1, 0.15) is 21.5 Å². The van der Waals surface area contributed by atoms with Crippen LogP contribution in [0.15, 0.2) is 53.7 Å². The van der Waals surface area contributed by atoms with Crippen LogP contribution < -0.4 is 4.84 Å². The van der Waals surface area contributed by atoms with Crippen LogP contribution in [-0.2, 0) is 6.18 Å². The molecule has 0 unspecified atom stereocenters. The van der Waals surface area contributed by atoms with Gasteiger partial charge < -0.3 is 9.94 Å². The van der Waals surface area contributed by atoms with Gasteiger partial charge in [-0.2, -0.15) is 13.2 Å². The zero-order valence-corrected chi connectivity index (χ0v) is 11.0. The van der Waals surface area contributed by atoms with Gasteiger partial charge in [-0.1, -0.05) is 23.4 Å². The van der Waals surface area contributed by atoms with Crippen LogP contribution in [-0.4, -0.2) is 17.3 Å². The lowest BCUT2D eigenvalue weighted by atomic mass is 10.1. The van der Waals surface area contributed by atoms with Crippen molar-refractivity contribution in [2.75, 3.05) is 0 Å². The van der Waals surface area contributed by atoms with Crippen LogP contribution in [0.2, 0.25) is 0 Å². The first kappa shape index (κ1) is 15.6. The SMILES string of the molecule is O=C(O)c1cccc(O/N=C/c2cccc(C(F)(F)F)c2)c1. The predicted molar refractivity (Wildman–Crippen MR) is 73.1 cm³/mol. The van der Waals surface area contributed by atoms with Crippen LogP contribution >= 0.6 is 0 Å². The van der Waals surface area contributed by atoms with Gasteiger partial charge in [-0.25, -0.2) is 4.79 Å². The molecule has 0 aliphatic heterocycles. The molecule has 2 aromatic carbocycles. The molecule has 0 fully saturated rings. The number of benzene rings is 2. The third-order valence-electron chi connectivity index (χ3n) is 2.65. The molecule has 22 heavy (non-hydrogen) atoms. The summed E-state index contributed by atoms with van der Waals surface area (Å²) in [4.78, 5) is 15.7. The Hall–Kier alpha value is -2.83. The van der Waals surface area contributed by atoms with Crippen molar-refractivity contribution in [3.05, 3.63) is 65.2 Å². The molecule has 4 nitrogen and oxygen atoms in total. The molecule has 2 rings (SSSR count). The van der Waals surface area contributed by atoms with Crippen LogP contribution in [0.4, 0.5) is 13.2 Å². The van der Waals surface area contributed by atoms with E-state index in [0.717, 1.165) is 18.3 Å². The molecule has 114 valence electrons.